The molecule has 0 bridgehead atoms. The molecule has 0 aliphatic heterocycles. The maximum absolute atomic E-state index is 12.0. The number of nitrogens with one attached hydrogen (secondary N) is 1. The van der Waals surface area contributed by atoms with Crippen molar-refractivity contribution in [2.24, 2.45) is 5.73 Å². The molecule has 0 saturated heterocycles. The molecule has 130 valence electrons. The molecule has 26 heavy (non-hydrogen) atoms. The van der Waals surface area contributed by atoms with Crippen LogP contribution in [-0.4, -0.2) is 26.6 Å². The van der Waals surface area contributed by atoms with Gasteiger partial charge < -0.3 is 11.1 Å². The minimum absolute atomic E-state index is 0.350. The summed E-state index contributed by atoms with van der Waals surface area (Å²) in [6.07, 6.45) is 4.29. The fraction of sp³-hybridized carbons (Fsp3) is 0. The molecule has 1 aromatic heterocycles. The lowest BCUT2D eigenvalue weighted by Crippen LogP contribution is -2.11. The molecular formula is C18H14ClN5O2. The summed E-state index contributed by atoms with van der Waals surface area (Å²) in [4.78, 5) is 27.2. The normalized spacial score (nSPS) is 10.8. The summed E-state index contributed by atoms with van der Waals surface area (Å²) in [6, 6.07) is 13.4. The third kappa shape index (κ3) is 4.34. The number of nitrogens with zero attached hydrogens (tertiary/aromatic N) is 3. The Bertz CT molecular complexity index is 979. The van der Waals surface area contributed by atoms with Gasteiger partial charge in [0, 0.05) is 34.1 Å². The average Bonchev–Trinajstić information content (AvgIpc) is 3.09. The molecule has 3 rings (SSSR count). The molecule has 2 aromatic carbocycles. The second kappa shape index (κ2) is 7.62. The molecule has 0 spiro atoms. The van der Waals surface area contributed by atoms with Gasteiger partial charge >= 0.3 is 0 Å². The number of benzene rings is 2. The first-order chi connectivity index (χ1) is 12.5. The molecule has 3 N–H and O–H groups in total. The first-order valence-corrected chi connectivity index (χ1v) is 7.95. The van der Waals surface area contributed by atoms with Crippen LogP contribution in [0.15, 0.2) is 60.9 Å². The van der Waals surface area contributed by atoms with Crippen LogP contribution in [0.25, 0.3) is 17.6 Å². The standard InChI is InChI=1S/C18H14ClN5O2/c19-14-3-1-2-13(10-14)18-21-11-24(23-18)9-8-16(25)22-15-6-4-12(5-7-15)17(20)26/h1-11H,(H2,20,26)(H,22,25)/b9-8+. The molecule has 0 aliphatic carbocycles. The van der Waals surface area contributed by atoms with E-state index in [-0.39, 0.29) is 5.91 Å². The van der Waals surface area contributed by atoms with Crippen LogP contribution in [0.4, 0.5) is 5.69 Å². The molecule has 0 fully saturated rings. The summed E-state index contributed by atoms with van der Waals surface area (Å²) in [6.45, 7) is 0. The summed E-state index contributed by atoms with van der Waals surface area (Å²) in [5, 5.41) is 7.52. The van der Waals surface area contributed by atoms with Crippen LogP contribution in [0.5, 0.6) is 0 Å². The predicted octanol–water partition coefficient (Wildman–Crippen LogP) is 2.81. The Balaban J connectivity index is 1.64. The summed E-state index contributed by atoms with van der Waals surface area (Å²) < 4.78 is 1.42. The Morgan fingerprint density at radius 3 is 2.62 bits per heavy atom. The number of rotatable bonds is 5. The Morgan fingerprint density at radius 2 is 1.92 bits per heavy atom. The van der Waals surface area contributed by atoms with Crippen LogP contribution >= 0.6 is 11.6 Å². The fourth-order valence-corrected chi connectivity index (χ4v) is 2.34. The van der Waals surface area contributed by atoms with Crippen molar-refractivity contribution >= 4 is 35.3 Å². The van der Waals surface area contributed by atoms with Crippen LogP contribution in [0.3, 0.4) is 0 Å². The first kappa shape index (κ1) is 17.4. The number of nitrogens with two attached hydrogens (primary N) is 1. The van der Waals surface area contributed by atoms with Gasteiger partial charge in [-0.3, -0.25) is 9.59 Å². The zero-order valence-corrected chi connectivity index (χ0v) is 14.2. The lowest BCUT2D eigenvalue weighted by molar-refractivity contribution is -0.111. The zero-order valence-electron chi connectivity index (χ0n) is 13.5. The van der Waals surface area contributed by atoms with Gasteiger partial charge in [0.05, 0.1) is 0 Å². The van der Waals surface area contributed by atoms with Crippen molar-refractivity contribution in [3.8, 4) is 11.4 Å². The van der Waals surface area contributed by atoms with E-state index in [1.807, 2.05) is 12.1 Å². The summed E-state index contributed by atoms with van der Waals surface area (Å²) >= 11 is 5.95. The monoisotopic (exact) mass is 367 g/mol. The predicted molar refractivity (Wildman–Crippen MR) is 99.4 cm³/mol. The van der Waals surface area contributed by atoms with Crippen LogP contribution < -0.4 is 11.1 Å². The minimum Gasteiger partial charge on any atom is -0.366 e. The molecule has 0 saturated carbocycles. The first-order valence-electron chi connectivity index (χ1n) is 7.57. The lowest BCUT2D eigenvalue weighted by Gasteiger charge is -2.02. The Hall–Kier alpha value is -3.45. The highest BCUT2D eigenvalue weighted by Crippen LogP contribution is 2.18. The van der Waals surface area contributed by atoms with E-state index in [4.69, 9.17) is 17.3 Å². The van der Waals surface area contributed by atoms with Gasteiger partial charge in [0.2, 0.25) is 11.8 Å². The van der Waals surface area contributed by atoms with E-state index in [1.54, 1.807) is 24.3 Å². The van der Waals surface area contributed by atoms with Crippen molar-refractivity contribution in [3.63, 3.8) is 0 Å². The maximum atomic E-state index is 12.0. The number of carbonyl (C=O) groups excluding carboxylic acids is 2. The molecule has 8 heteroatoms. The molecule has 0 unspecified atom stereocenters. The van der Waals surface area contributed by atoms with E-state index < -0.39 is 5.91 Å². The maximum Gasteiger partial charge on any atom is 0.249 e. The van der Waals surface area contributed by atoms with Crippen molar-refractivity contribution < 1.29 is 9.59 Å². The third-order valence-electron chi connectivity index (χ3n) is 3.41. The largest absolute Gasteiger partial charge is 0.366 e. The molecule has 0 aliphatic rings. The molecule has 7 nitrogen and oxygen atoms in total. The number of halogens is 1. The van der Waals surface area contributed by atoms with Gasteiger partial charge in [0.1, 0.15) is 6.33 Å². The number of carbonyl (C=O) groups is 2. The Morgan fingerprint density at radius 1 is 1.15 bits per heavy atom. The topological polar surface area (TPSA) is 103 Å². The van der Waals surface area contributed by atoms with E-state index in [9.17, 15) is 9.59 Å². The molecule has 2 amide bonds. The van der Waals surface area contributed by atoms with Crippen molar-refractivity contribution in [1.82, 2.24) is 14.8 Å². The Labute approximate surface area is 154 Å². The van der Waals surface area contributed by atoms with Gasteiger partial charge in [0.15, 0.2) is 5.82 Å². The number of primary amides is 1. The number of anilines is 1. The summed E-state index contributed by atoms with van der Waals surface area (Å²) in [5.41, 5.74) is 6.86. The van der Waals surface area contributed by atoms with E-state index in [2.05, 4.69) is 15.4 Å². The summed E-state index contributed by atoms with van der Waals surface area (Å²) in [7, 11) is 0. The molecule has 3 aromatic rings. The van der Waals surface area contributed by atoms with Crippen molar-refractivity contribution in [3.05, 3.63) is 71.5 Å². The molecule has 1 heterocycles. The number of aromatic nitrogens is 3. The second-order valence-corrected chi connectivity index (χ2v) is 5.74. The fourth-order valence-electron chi connectivity index (χ4n) is 2.15. The number of hydrogen-bond acceptors (Lipinski definition) is 4. The van der Waals surface area contributed by atoms with Crippen molar-refractivity contribution in [2.45, 2.75) is 0 Å². The van der Waals surface area contributed by atoms with Crippen LogP contribution in [0.1, 0.15) is 10.4 Å². The quantitative estimate of drug-likeness (QED) is 0.677. The van der Waals surface area contributed by atoms with Crippen LogP contribution in [0, 0.1) is 0 Å². The highest BCUT2D eigenvalue weighted by Gasteiger charge is 2.04. The average molecular weight is 368 g/mol. The van der Waals surface area contributed by atoms with Crippen LogP contribution in [0.2, 0.25) is 5.02 Å². The van der Waals surface area contributed by atoms with Gasteiger partial charge in [-0.15, -0.1) is 5.10 Å². The highest BCUT2D eigenvalue weighted by molar-refractivity contribution is 6.30. The molecule has 0 atom stereocenters. The van der Waals surface area contributed by atoms with Gasteiger partial charge in [-0.05, 0) is 36.4 Å². The summed E-state index contributed by atoms with van der Waals surface area (Å²) in [5.74, 6) is -0.374. The van der Waals surface area contributed by atoms with E-state index in [0.717, 1.165) is 5.56 Å². The minimum atomic E-state index is -0.524. The van der Waals surface area contributed by atoms with Gasteiger partial charge in [-0.2, -0.15) is 0 Å². The van der Waals surface area contributed by atoms with Gasteiger partial charge in [-0.1, -0.05) is 23.7 Å². The van der Waals surface area contributed by atoms with E-state index >= 15 is 0 Å². The highest BCUT2D eigenvalue weighted by atomic mass is 35.5. The van der Waals surface area contributed by atoms with Crippen molar-refractivity contribution in [1.29, 1.82) is 0 Å². The molecular weight excluding hydrogens is 354 g/mol. The second-order valence-electron chi connectivity index (χ2n) is 5.31. The number of hydrogen-bond donors (Lipinski definition) is 2. The molecule has 0 radical (unpaired) electrons. The lowest BCUT2D eigenvalue weighted by atomic mass is 10.2. The van der Waals surface area contributed by atoms with Gasteiger partial charge in [-0.25, -0.2) is 9.67 Å². The van der Waals surface area contributed by atoms with E-state index in [1.165, 1.54) is 35.4 Å². The zero-order chi connectivity index (χ0) is 18.5. The van der Waals surface area contributed by atoms with E-state index in [0.29, 0.717) is 22.1 Å². The smallest absolute Gasteiger partial charge is 0.249 e. The van der Waals surface area contributed by atoms with Crippen LogP contribution in [-0.2, 0) is 4.79 Å². The SMILES string of the molecule is NC(=O)c1ccc(NC(=O)/C=C/n2cnc(-c3cccc(Cl)c3)n2)cc1. The van der Waals surface area contributed by atoms with Crippen molar-refractivity contribution in [2.75, 3.05) is 5.32 Å². The Kier molecular flexibility index (Phi) is 5.09. The third-order valence-corrected chi connectivity index (χ3v) is 3.64. The van der Waals surface area contributed by atoms with Gasteiger partial charge in [0.25, 0.3) is 0 Å². The number of amides is 2.